The zero-order chi connectivity index (χ0) is 24.6. The van der Waals surface area contributed by atoms with Gasteiger partial charge in [0.05, 0.1) is 16.1 Å². The molecule has 1 saturated heterocycles. The summed E-state index contributed by atoms with van der Waals surface area (Å²) < 4.78 is 2.44. The molecule has 2 atom stereocenters. The first-order valence-corrected chi connectivity index (χ1v) is 12.5. The highest BCUT2D eigenvalue weighted by Gasteiger charge is 2.32. The third-order valence-electron chi connectivity index (χ3n) is 6.71. The lowest BCUT2D eigenvalue weighted by Gasteiger charge is -2.28. The fourth-order valence-corrected chi connectivity index (χ4v) is 6.00. The summed E-state index contributed by atoms with van der Waals surface area (Å²) in [5.74, 6) is -0.320. The third kappa shape index (κ3) is 4.76. The zero-order valence-corrected chi connectivity index (χ0v) is 21.3. The van der Waals surface area contributed by atoms with Crippen molar-refractivity contribution in [1.29, 1.82) is 0 Å². The van der Waals surface area contributed by atoms with Crippen LogP contribution in [0.25, 0.3) is 10.2 Å². The van der Waals surface area contributed by atoms with Crippen LogP contribution in [0.3, 0.4) is 0 Å². The van der Waals surface area contributed by atoms with E-state index >= 15 is 0 Å². The number of nitrogens with one attached hydrogen (secondary N) is 2. The molecule has 0 aliphatic carbocycles. The number of aryl methyl sites for hydroxylation is 2. The molecule has 0 saturated carbocycles. The first kappa shape index (κ1) is 24.4. The summed E-state index contributed by atoms with van der Waals surface area (Å²) in [4.78, 5) is 41.4. The van der Waals surface area contributed by atoms with Crippen LogP contribution in [0.2, 0.25) is 5.02 Å². The maximum atomic E-state index is 13.3. The van der Waals surface area contributed by atoms with Gasteiger partial charge in [-0.25, -0.2) is 0 Å². The van der Waals surface area contributed by atoms with Gasteiger partial charge >= 0.3 is 0 Å². The Morgan fingerprint density at radius 2 is 2.03 bits per heavy atom. The molecule has 2 aromatic heterocycles. The lowest BCUT2D eigenvalue weighted by atomic mass is 9.98. The summed E-state index contributed by atoms with van der Waals surface area (Å²) in [5.41, 5.74) is 2.65. The molecule has 0 spiro atoms. The summed E-state index contributed by atoms with van der Waals surface area (Å²) in [7, 11) is 3.87. The molecule has 2 amide bonds. The topological polar surface area (TPSA) is 83.4 Å². The van der Waals surface area contributed by atoms with Crippen molar-refractivity contribution in [2.24, 2.45) is 13.0 Å². The Kier molecular flexibility index (Phi) is 7.12. The highest BCUT2D eigenvalue weighted by molar-refractivity contribution is 7.19. The molecule has 9 heteroatoms. The number of rotatable bonds is 7. The lowest BCUT2D eigenvalue weighted by molar-refractivity contribution is -0.124. The Morgan fingerprint density at radius 1 is 1.32 bits per heavy atom. The molecule has 1 aliphatic rings. The maximum Gasteiger partial charge on any atom is 0.257 e. The van der Waals surface area contributed by atoms with Gasteiger partial charge in [-0.15, -0.1) is 11.3 Å². The molecule has 4 rings (SSSR count). The molecule has 180 valence electrons. The number of benzene rings is 1. The maximum absolute atomic E-state index is 13.3. The van der Waals surface area contributed by atoms with E-state index in [2.05, 4.69) is 22.5 Å². The van der Waals surface area contributed by atoms with Crippen molar-refractivity contribution < 1.29 is 9.59 Å². The minimum Gasteiger partial charge on any atom is -0.356 e. The van der Waals surface area contributed by atoms with Gasteiger partial charge in [0.1, 0.15) is 5.56 Å². The van der Waals surface area contributed by atoms with E-state index in [1.807, 2.05) is 37.7 Å². The molecular weight excluding hydrogens is 472 g/mol. The van der Waals surface area contributed by atoms with Crippen molar-refractivity contribution in [3.8, 4) is 0 Å². The van der Waals surface area contributed by atoms with Gasteiger partial charge in [-0.3, -0.25) is 19.3 Å². The Hall–Kier alpha value is -2.68. The number of pyridine rings is 1. The van der Waals surface area contributed by atoms with Crippen LogP contribution in [0.1, 0.15) is 39.7 Å². The quantitative estimate of drug-likeness (QED) is 0.520. The molecule has 1 fully saturated rings. The van der Waals surface area contributed by atoms with Crippen molar-refractivity contribution in [3.05, 3.63) is 67.3 Å². The number of halogens is 1. The number of fused-ring (bicyclic) bond motifs is 1. The second-order valence-electron chi connectivity index (χ2n) is 8.96. The molecule has 7 nitrogen and oxygen atoms in total. The van der Waals surface area contributed by atoms with Crippen molar-refractivity contribution in [2.45, 2.75) is 39.4 Å². The minimum atomic E-state index is -0.400. The highest BCUT2D eigenvalue weighted by atomic mass is 35.5. The van der Waals surface area contributed by atoms with E-state index in [-0.39, 0.29) is 28.9 Å². The Labute approximate surface area is 207 Å². The molecule has 3 aromatic rings. The fraction of sp³-hybridized carbons (Fsp3) is 0.400. The van der Waals surface area contributed by atoms with Crippen molar-refractivity contribution in [2.75, 3.05) is 13.6 Å². The van der Waals surface area contributed by atoms with Gasteiger partial charge in [-0.05, 0) is 50.6 Å². The van der Waals surface area contributed by atoms with E-state index in [1.54, 1.807) is 18.3 Å². The Balaban J connectivity index is 1.57. The van der Waals surface area contributed by atoms with Gasteiger partial charge in [-0.2, -0.15) is 0 Å². The van der Waals surface area contributed by atoms with Crippen LogP contribution in [0.4, 0.5) is 0 Å². The number of carbonyl (C=O) groups excluding carboxylic acids is 2. The van der Waals surface area contributed by atoms with Crippen molar-refractivity contribution in [3.63, 3.8) is 0 Å². The Bertz CT molecular complexity index is 1300. The predicted octanol–water partition coefficient (Wildman–Crippen LogP) is 3.45. The number of hydrogen-bond donors (Lipinski definition) is 2. The third-order valence-corrected chi connectivity index (χ3v) is 8.23. The van der Waals surface area contributed by atoms with Crippen molar-refractivity contribution >= 4 is 45.0 Å². The van der Waals surface area contributed by atoms with E-state index < -0.39 is 5.91 Å². The number of aromatic nitrogens is 1. The molecule has 3 heterocycles. The van der Waals surface area contributed by atoms with Crippen LogP contribution in [0, 0.1) is 12.8 Å². The number of hydrogen-bond acceptors (Lipinski definition) is 5. The molecule has 1 unspecified atom stereocenters. The molecular formula is C25H29ClN4O3S. The van der Waals surface area contributed by atoms with Gasteiger partial charge < -0.3 is 15.2 Å². The van der Waals surface area contributed by atoms with E-state index in [1.165, 1.54) is 11.3 Å². The predicted molar refractivity (Wildman–Crippen MR) is 136 cm³/mol. The average Bonchev–Trinajstić information content (AvgIpc) is 3.38. The van der Waals surface area contributed by atoms with Gasteiger partial charge in [-0.1, -0.05) is 23.7 Å². The normalized spacial score (nSPS) is 16.8. The standard InChI is InChI=1S/C25H29ClN4O3S/c1-14-20(13-29(3)15(2)18-9-10-27-24(18)32)34-23-21(14)30(4)12-19(22(23)31)25(33)28-11-16-5-7-17(26)8-6-16/h5-8,12,15,18H,9-11,13H2,1-4H3,(H,27,32)(H,28,33)/t15-,18?/m0/s1. The largest absolute Gasteiger partial charge is 0.356 e. The average molecular weight is 501 g/mol. The first-order chi connectivity index (χ1) is 16.2. The smallest absolute Gasteiger partial charge is 0.257 e. The SMILES string of the molecule is Cc1c(CN(C)[C@@H](C)C2CCNC2=O)sc2c(=O)c(C(=O)NCc3ccc(Cl)cc3)cn(C)c12. The van der Waals surface area contributed by atoms with Gasteiger partial charge in [0.15, 0.2) is 0 Å². The lowest BCUT2D eigenvalue weighted by Crippen LogP contribution is -2.38. The molecule has 0 bridgehead atoms. The summed E-state index contributed by atoms with van der Waals surface area (Å²) >= 11 is 7.35. The summed E-state index contributed by atoms with van der Waals surface area (Å²) in [6.07, 6.45) is 2.45. The molecule has 34 heavy (non-hydrogen) atoms. The minimum absolute atomic E-state index is 0.0261. The van der Waals surface area contributed by atoms with E-state index in [0.717, 1.165) is 34.5 Å². The number of thiophene rings is 1. The summed E-state index contributed by atoms with van der Waals surface area (Å²) in [5, 5.41) is 6.37. The molecule has 2 N–H and O–H groups in total. The van der Waals surface area contributed by atoms with E-state index in [9.17, 15) is 14.4 Å². The number of nitrogens with zero attached hydrogens (tertiary/aromatic N) is 2. The van der Waals surface area contributed by atoms with Crippen LogP contribution in [0.5, 0.6) is 0 Å². The molecule has 0 radical (unpaired) electrons. The van der Waals surface area contributed by atoms with Crippen LogP contribution in [-0.2, 0) is 24.9 Å². The number of amides is 2. The second-order valence-corrected chi connectivity index (χ2v) is 10.5. The number of carbonyl (C=O) groups is 2. The summed E-state index contributed by atoms with van der Waals surface area (Å²) in [6.45, 7) is 5.74. The van der Waals surface area contributed by atoms with Crippen LogP contribution in [-0.4, -0.2) is 40.9 Å². The van der Waals surface area contributed by atoms with Crippen LogP contribution >= 0.6 is 22.9 Å². The Morgan fingerprint density at radius 3 is 2.68 bits per heavy atom. The highest BCUT2D eigenvalue weighted by Crippen LogP contribution is 2.31. The zero-order valence-electron chi connectivity index (χ0n) is 19.8. The second kappa shape index (κ2) is 9.90. The van der Waals surface area contributed by atoms with E-state index in [0.29, 0.717) is 22.8 Å². The van der Waals surface area contributed by atoms with E-state index in [4.69, 9.17) is 11.6 Å². The monoisotopic (exact) mass is 500 g/mol. The fourth-order valence-electron chi connectivity index (χ4n) is 4.51. The van der Waals surface area contributed by atoms with Gasteiger partial charge in [0.2, 0.25) is 11.3 Å². The first-order valence-electron chi connectivity index (χ1n) is 11.3. The van der Waals surface area contributed by atoms with Crippen LogP contribution < -0.4 is 16.1 Å². The van der Waals surface area contributed by atoms with Gasteiger partial charge in [0, 0.05) is 48.8 Å². The van der Waals surface area contributed by atoms with Gasteiger partial charge in [0.25, 0.3) is 5.91 Å². The summed E-state index contributed by atoms with van der Waals surface area (Å²) in [6, 6.07) is 7.29. The van der Waals surface area contributed by atoms with Crippen molar-refractivity contribution in [1.82, 2.24) is 20.1 Å². The molecule has 1 aromatic carbocycles. The van der Waals surface area contributed by atoms with Crippen LogP contribution in [0.15, 0.2) is 35.3 Å². The molecule has 1 aliphatic heterocycles.